The number of benzene rings is 1. The first-order valence-corrected chi connectivity index (χ1v) is 6.80. The van der Waals surface area contributed by atoms with E-state index in [4.69, 9.17) is 11.6 Å². The van der Waals surface area contributed by atoms with Crippen molar-refractivity contribution >= 4 is 33.2 Å². The number of hydrogen-bond donors (Lipinski definition) is 0. The fourth-order valence-corrected chi connectivity index (χ4v) is 2.77. The highest BCUT2D eigenvalue weighted by atomic mass is 79.9. The van der Waals surface area contributed by atoms with Crippen LogP contribution in [0.3, 0.4) is 0 Å². The smallest absolute Gasteiger partial charge is 0.0410 e. The first-order valence-electron chi connectivity index (χ1n) is 5.30. The number of hydrogen-bond acceptors (Lipinski definition) is 1. The fourth-order valence-electron chi connectivity index (χ4n) is 2.12. The van der Waals surface area contributed by atoms with E-state index in [0.717, 1.165) is 16.3 Å². The average molecular weight is 289 g/mol. The molecule has 0 bridgehead atoms. The van der Waals surface area contributed by atoms with Crippen LogP contribution < -0.4 is 4.90 Å². The molecule has 1 nitrogen and oxygen atoms in total. The molecule has 0 aromatic heterocycles. The molecule has 0 radical (unpaired) electrons. The molecule has 82 valence electrons. The van der Waals surface area contributed by atoms with Crippen molar-refractivity contribution in [2.24, 2.45) is 5.92 Å². The van der Waals surface area contributed by atoms with Gasteiger partial charge in [-0.3, -0.25) is 0 Å². The van der Waals surface area contributed by atoms with E-state index in [1.807, 2.05) is 6.07 Å². The van der Waals surface area contributed by atoms with Crippen LogP contribution in [0.25, 0.3) is 0 Å². The number of alkyl halides is 1. The normalized spacial score (nSPS) is 21.0. The molecule has 1 heterocycles. The van der Waals surface area contributed by atoms with Gasteiger partial charge in [0.1, 0.15) is 0 Å². The van der Waals surface area contributed by atoms with Gasteiger partial charge in [0.2, 0.25) is 0 Å². The predicted octanol–water partition coefficient (Wildman–Crippen LogP) is 4.08. The summed E-state index contributed by atoms with van der Waals surface area (Å²) in [4.78, 5) is 2.46. The summed E-state index contributed by atoms with van der Waals surface area (Å²) >= 11 is 9.51. The maximum absolute atomic E-state index is 5.99. The monoisotopic (exact) mass is 287 g/mol. The summed E-state index contributed by atoms with van der Waals surface area (Å²) in [6.45, 7) is 4.65. The van der Waals surface area contributed by atoms with Crippen LogP contribution in [0, 0.1) is 5.92 Å². The van der Waals surface area contributed by atoms with Crippen molar-refractivity contribution in [1.29, 1.82) is 0 Å². The van der Waals surface area contributed by atoms with E-state index in [-0.39, 0.29) is 0 Å². The van der Waals surface area contributed by atoms with Crippen LogP contribution in [-0.4, -0.2) is 13.1 Å². The number of anilines is 1. The highest BCUT2D eigenvalue weighted by molar-refractivity contribution is 9.08. The van der Waals surface area contributed by atoms with Gasteiger partial charge in [-0.25, -0.2) is 0 Å². The molecule has 1 aromatic carbocycles. The Morgan fingerprint density at radius 3 is 2.93 bits per heavy atom. The van der Waals surface area contributed by atoms with Gasteiger partial charge in [-0.2, -0.15) is 0 Å². The molecule has 1 aliphatic heterocycles. The van der Waals surface area contributed by atoms with Crippen LogP contribution in [0.15, 0.2) is 18.2 Å². The van der Waals surface area contributed by atoms with Crippen LogP contribution in [0.1, 0.15) is 18.9 Å². The van der Waals surface area contributed by atoms with E-state index in [1.54, 1.807) is 0 Å². The Labute approximate surface area is 105 Å². The largest absolute Gasteiger partial charge is 0.371 e. The molecule has 1 fully saturated rings. The van der Waals surface area contributed by atoms with Gasteiger partial charge >= 0.3 is 0 Å². The van der Waals surface area contributed by atoms with E-state index in [0.29, 0.717) is 0 Å². The zero-order chi connectivity index (χ0) is 10.8. The van der Waals surface area contributed by atoms with Crippen LogP contribution >= 0.6 is 27.5 Å². The van der Waals surface area contributed by atoms with E-state index in [9.17, 15) is 0 Å². The Kier molecular flexibility index (Phi) is 3.57. The van der Waals surface area contributed by atoms with Crippen molar-refractivity contribution in [3.8, 4) is 0 Å². The second kappa shape index (κ2) is 4.75. The van der Waals surface area contributed by atoms with Crippen molar-refractivity contribution in [3.05, 3.63) is 28.8 Å². The van der Waals surface area contributed by atoms with Gasteiger partial charge in [0.05, 0.1) is 0 Å². The van der Waals surface area contributed by atoms with Crippen LogP contribution in [0.5, 0.6) is 0 Å². The molecule has 0 spiro atoms. The Hall–Kier alpha value is -0.210. The van der Waals surface area contributed by atoms with E-state index in [2.05, 4.69) is 39.9 Å². The SMILES string of the molecule is CC1CCN(c2ccc(Cl)cc2CBr)C1. The lowest BCUT2D eigenvalue weighted by Crippen LogP contribution is -2.20. The number of rotatable bonds is 2. The Balaban J connectivity index is 2.27. The summed E-state index contributed by atoms with van der Waals surface area (Å²) in [5.41, 5.74) is 2.62. The zero-order valence-corrected chi connectivity index (χ0v) is 11.2. The first kappa shape index (κ1) is 11.3. The van der Waals surface area contributed by atoms with Crippen molar-refractivity contribution in [2.45, 2.75) is 18.7 Å². The van der Waals surface area contributed by atoms with Gasteiger partial charge in [0.25, 0.3) is 0 Å². The molecule has 1 aliphatic rings. The lowest BCUT2D eigenvalue weighted by molar-refractivity contribution is 0.659. The molecule has 0 aliphatic carbocycles. The van der Waals surface area contributed by atoms with Crippen LogP contribution in [0.2, 0.25) is 5.02 Å². The molecule has 1 saturated heterocycles. The summed E-state index contributed by atoms with van der Waals surface area (Å²) in [5.74, 6) is 0.809. The van der Waals surface area contributed by atoms with Crippen molar-refractivity contribution < 1.29 is 0 Å². The molecule has 15 heavy (non-hydrogen) atoms. The van der Waals surface area contributed by atoms with Gasteiger partial charge < -0.3 is 4.90 Å². The molecular formula is C12H15BrClN. The topological polar surface area (TPSA) is 3.24 Å². The third-order valence-electron chi connectivity index (χ3n) is 2.95. The van der Waals surface area contributed by atoms with E-state index < -0.39 is 0 Å². The highest BCUT2D eigenvalue weighted by Crippen LogP contribution is 2.30. The molecule has 0 amide bonds. The maximum atomic E-state index is 5.99. The summed E-state index contributed by atoms with van der Waals surface area (Å²) in [6, 6.07) is 6.16. The molecule has 0 saturated carbocycles. The number of nitrogens with zero attached hydrogens (tertiary/aromatic N) is 1. The van der Waals surface area contributed by atoms with Gasteiger partial charge in [-0.05, 0) is 36.1 Å². The van der Waals surface area contributed by atoms with E-state index >= 15 is 0 Å². The van der Waals surface area contributed by atoms with Crippen molar-refractivity contribution in [3.63, 3.8) is 0 Å². The molecule has 3 heteroatoms. The third kappa shape index (κ3) is 2.48. The van der Waals surface area contributed by atoms with Gasteiger partial charge in [0.15, 0.2) is 0 Å². The van der Waals surface area contributed by atoms with Gasteiger partial charge in [-0.15, -0.1) is 0 Å². The number of halogens is 2. The van der Waals surface area contributed by atoms with Gasteiger partial charge in [-0.1, -0.05) is 34.5 Å². The minimum atomic E-state index is 0.809. The molecule has 1 aromatic rings. The second-order valence-electron chi connectivity index (χ2n) is 4.25. The predicted molar refractivity (Wildman–Crippen MR) is 70.1 cm³/mol. The maximum Gasteiger partial charge on any atom is 0.0410 e. The van der Waals surface area contributed by atoms with E-state index in [1.165, 1.54) is 30.8 Å². The highest BCUT2D eigenvalue weighted by Gasteiger charge is 2.20. The Morgan fingerprint density at radius 1 is 1.53 bits per heavy atom. The fraction of sp³-hybridized carbons (Fsp3) is 0.500. The zero-order valence-electron chi connectivity index (χ0n) is 8.84. The second-order valence-corrected chi connectivity index (χ2v) is 5.24. The molecule has 1 atom stereocenters. The quantitative estimate of drug-likeness (QED) is 0.741. The lowest BCUT2D eigenvalue weighted by atomic mass is 10.1. The van der Waals surface area contributed by atoms with Crippen LogP contribution in [-0.2, 0) is 5.33 Å². The summed E-state index contributed by atoms with van der Waals surface area (Å²) < 4.78 is 0. The summed E-state index contributed by atoms with van der Waals surface area (Å²) in [6.07, 6.45) is 1.30. The third-order valence-corrected chi connectivity index (χ3v) is 3.79. The lowest BCUT2D eigenvalue weighted by Gasteiger charge is -2.21. The average Bonchev–Trinajstić information content (AvgIpc) is 2.64. The molecular weight excluding hydrogens is 273 g/mol. The van der Waals surface area contributed by atoms with Crippen LogP contribution in [0.4, 0.5) is 5.69 Å². The summed E-state index contributed by atoms with van der Waals surface area (Å²) in [5, 5.41) is 1.69. The molecule has 0 N–H and O–H groups in total. The first-order chi connectivity index (χ1) is 7.20. The molecule has 1 unspecified atom stereocenters. The minimum absolute atomic E-state index is 0.809. The van der Waals surface area contributed by atoms with Crippen molar-refractivity contribution in [2.75, 3.05) is 18.0 Å². The van der Waals surface area contributed by atoms with Crippen molar-refractivity contribution in [1.82, 2.24) is 0 Å². The Morgan fingerprint density at radius 2 is 2.33 bits per heavy atom. The Bertz CT molecular complexity index is 353. The standard InChI is InChI=1S/C12H15BrClN/c1-9-4-5-15(8-9)12-3-2-11(14)6-10(12)7-13/h2-3,6,9H,4-5,7-8H2,1H3. The summed E-state index contributed by atoms with van der Waals surface area (Å²) in [7, 11) is 0. The minimum Gasteiger partial charge on any atom is -0.371 e. The molecule has 2 rings (SSSR count). The van der Waals surface area contributed by atoms with Gasteiger partial charge in [0, 0.05) is 29.1 Å².